The van der Waals surface area contributed by atoms with Crippen LogP contribution in [-0.4, -0.2) is 28.8 Å². The van der Waals surface area contributed by atoms with Crippen molar-refractivity contribution in [2.24, 2.45) is 5.92 Å². The van der Waals surface area contributed by atoms with E-state index in [0.717, 1.165) is 0 Å². The van der Waals surface area contributed by atoms with Crippen LogP contribution >= 0.6 is 0 Å². The molecular formula is C17H19N3O4. The highest BCUT2D eigenvalue weighted by Crippen LogP contribution is 2.11. The lowest BCUT2D eigenvalue weighted by molar-refractivity contribution is 0.0600. The minimum absolute atomic E-state index is 0.146. The van der Waals surface area contributed by atoms with Crippen molar-refractivity contribution in [2.75, 3.05) is 12.4 Å². The van der Waals surface area contributed by atoms with Crippen molar-refractivity contribution in [2.45, 2.75) is 20.4 Å². The normalized spacial score (nSPS) is 10.5. The number of hydrogen-bond acceptors (Lipinski definition) is 5. The van der Waals surface area contributed by atoms with Crippen molar-refractivity contribution >= 4 is 17.6 Å². The van der Waals surface area contributed by atoms with Gasteiger partial charge in [0, 0.05) is 18.3 Å². The molecule has 0 saturated heterocycles. The summed E-state index contributed by atoms with van der Waals surface area (Å²) in [4.78, 5) is 35.4. The molecule has 0 aliphatic heterocycles. The van der Waals surface area contributed by atoms with Gasteiger partial charge in [-0.25, -0.2) is 9.48 Å². The summed E-state index contributed by atoms with van der Waals surface area (Å²) in [5.41, 5.74) is 0.796. The zero-order valence-electron chi connectivity index (χ0n) is 13.8. The van der Waals surface area contributed by atoms with E-state index in [1.54, 1.807) is 24.3 Å². The Hall–Kier alpha value is -2.96. The van der Waals surface area contributed by atoms with Crippen molar-refractivity contribution in [3.05, 3.63) is 58.0 Å². The monoisotopic (exact) mass is 329 g/mol. The van der Waals surface area contributed by atoms with Gasteiger partial charge in [-0.1, -0.05) is 13.8 Å². The summed E-state index contributed by atoms with van der Waals surface area (Å²) >= 11 is 0. The van der Waals surface area contributed by atoms with Crippen LogP contribution in [0.2, 0.25) is 0 Å². The van der Waals surface area contributed by atoms with Gasteiger partial charge in [-0.2, -0.15) is 5.10 Å². The summed E-state index contributed by atoms with van der Waals surface area (Å²) in [6.07, 6.45) is 0. The molecule has 0 aliphatic rings. The second-order valence-corrected chi connectivity index (χ2v) is 5.66. The lowest BCUT2D eigenvalue weighted by atomic mass is 10.2. The molecule has 1 N–H and O–H groups in total. The molecule has 0 fully saturated rings. The van der Waals surface area contributed by atoms with Gasteiger partial charge in [-0.3, -0.25) is 9.59 Å². The lowest BCUT2D eigenvalue weighted by Gasteiger charge is -2.09. The van der Waals surface area contributed by atoms with E-state index < -0.39 is 11.9 Å². The number of carbonyl (C=O) groups excluding carboxylic acids is 2. The van der Waals surface area contributed by atoms with Gasteiger partial charge in [0.15, 0.2) is 0 Å². The largest absolute Gasteiger partial charge is 0.465 e. The van der Waals surface area contributed by atoms with E-state index in [-0.39, 0.29) is 17.2 Å². The Bertz CT molecular complexity index is 794. The maximum absolute atomic E-state index is 12.3. The molecule has 1 aromatic carbocycles. The number of ether oxygens (including phenoxy) is 1. The van der Waals surface area contributed by atoms with Crippen molar-refractivity contribution < 1.29 is 14.3 Å². The fraction of sp³-hybridized carbons (Fsp3) is 0.294. The molecule has 1 amide bonds. The van der Waals surface area contributed by atoms with Gasteiger partial charge in [0.1, 0.15) is 5.69 Å². The first-order valence-electron chi connectivity index (χ1n) is 7.48. The van der Waals surface area contributed by atoms with Gasteiger partial charge < -0.3 is 10.1 Å². The first-order chi connectivity index (χ1) is 11.4. The van der Waals surface area contributed by atoms with E-state index in [1.807, 2.05) is 13.8 Å². The van der Waals surface area contributed by atoms with Crippen molar-refractivity contribution in [1.82, 2.24) is 9.78 Å². The summed E-state index contributed by atoms with van der Waals surface area (Å²) in [6, 6.07) is 8.99. The van der Waals surface area contributed by atoms with Crippen molar-refractivity contribution in [3.8, 4) is 0 Å². The minimum Gasteiger partial charge on any atom is -0.465 e. The summed E-state index contributed by atoms with van der Waals surface area (Å²) in [5.74, 6) is -0.645. The third-order valence-electron chi connectivity index (χ3n) is 3.20. The Kier molecular flexibility index (Phi) is 5.47. The van der Waals surface area contributed by atoms with Crippen molar-refractivity contribution in [1.29, 1.82) is 0 Å². The zero-order chi connectivity index (χ0) is 17.7. The van der Waals surface area contributed by atoms with Crippen LogP contribution in [-0.2, 0) is 11.3 Å². The topological polar surface area (TPSA) is 90.3 Å². The first kappa shape index (κ1) is 17.4. The molecule has 7 heteroatoms. The molecule has 1 aromatic heterocycles. The highest BCUT2D eigenvalue weighted by molar-refractivity contribution is 6.03. The number of hydrogen-bond donors (Lipinski definition) is 1. The molecule has 24 heavy (non-hydrogen) atoms. The Balaban J connectivity index is 2.15. The van der Waals surface area contributed by atoms with E-state index in [9.17, 15) is 14.4 Å². The highest BCUT2D eigenvalue weighted by Gasteiger charge is 2.11. The highest BCUT2D eigenvalue weighted by atomic mass is 16.5. The van der Waals surface area contributed by atoms with Crippen LogP contribution in [0.5, 0.6) is 0 Å². The van der Waals surface area contributed by atoms with Crippen LogP contribution in [0.15, 0.2) is 41.2 Å². The standard InChI is InChI=1S/C17H19N3O4/c1-11(2)10-20-15(21)9-8-14(19-20)16(22)18-13-6-4-12(5-7-13)17(23)24-3/h4-9,11H,10H2,1-3H3,(H,18,22). The molecule has 7 nitrogen and oxygen atoms in total. The number of benzene rings is 1. The molecule has 2 aromatic rings. The van der Waals surface area contributed by atoms with Gasteiger partial charge in [0.2, 0.25) is 0 Å². The van der Waals surface area contributed by atoms with Gasteiger partial charge in [-0.15, -0.1) is 0 Å². The molecule has 126 valence electrons. The molecule has 0 unspecified atom stereocenters. The van der Waals surface area contributed by atoms with Crippen LogP contribution in [0.25, 0.3) is 0 Å². The van der Waals surface area contributed by atoms with E-state index >= 15 is 0 Å². The molecule has 1 heterocycles. The Labute approximate surface area is 139 Å². The second-order valence-electron chi connectivity index (χ2n) is 5.66. The number of amides is 1. The second kappa shape index (κ2) is 7.54. The first-order valence-corrected chi connectivity index (χ1v) is 7.48. The number of methoxy groups -OCH3 is 1. The average Bonchev–Trinajstić information content (AvgIpc) is 2.56. The smallest absolute Gasteiger partial charge is 0.337 e. The number of carbonyl (C=O) groups is 2. The number of rotatable bonds is 5. The van der Waals surface area contributed by atoms with E-state index in [2.05, 4.69) is 15.2 Å². The maximum atomic E-state index is 12.3. The van der Waals surface area contributed by atoms with Gasteiger partial charge >= 0.3 is 5.97 Å². The van der Waals surface area contributed by atoms with Crippen LogP contribution in [0.3, 0.4) is 0 Å². The minimum atomic E-state index is -0.449. The fourth-order valence-corrected chi connectivity index (χ4v) is 2.05. The molecule has 0 saturated carbocycles. The van der Waals surface area contributed by atoms with E-state index in [4.69, 9.17) is 0 Å². The van der Waals surface area contributed by atoms with Crippen LogP contribution < -0.4 is 10.9 Å². The molecular weight excluding hydrogens is 310 g/mol. The Morgan fingerprint density at radius 2 is 1.83 bits per heavy atom. The number of esters is 1. The molecule has 0 atom stereocenters. The summed E-state index contributed by atoms with van der Waals surface area (Å²) < 4.78 is 5.89. The molecule has 0 spiro atoms. The van der Waals surface area contributed by atoms with Gasteiger partial charge in [-0.05, 0) is 36.2 Å². The average molecular weight is 329 g/mol. The fourth-order valence-electron chi connectivity index (χ4n) is 2.05. The predicted molar refractivity (Wildman–Crippen MR) is 89.1 cm³/mol. The summed E-state index contributed by atoms with van der Waals surface area (Å²) in [6.45, 7) is 4.36. The van der Waals surface area contributed by atoms with Crippen LogP contribution in [0.1, 0.15) is 34.7 Å². The maximum Gasteiger partial charge on any atom is 0.337 e. The van der Waals surface area contributed by atoms with Gasteiger partial charge in [0.25, 0.3) is 11.5 Å². The summed E-state index contributed by atoms with van der Waals surface area (Å²) in [5, 5.41) is 6.76. The van der Waals surface area contributed by atoms with Crippen LogP contribution in [0, 0.1) is 5.92 Å². The van der Waals surface area contributed by atoms with Crippen molar-refractivity contribution in [3.63, 3.8) is 0 Å². The lowest BCUT2D eigenvalue weighted by Crippen LogP contribution is -2.27. The predicted octanol–water partition coefficient (Wildman–Crippen LogP) is 1.94. The summed E-state index contributed by atoms with van der Waals surface area (Å²) in [7, 11) is 1.30. The number of nitrogens with one attached hydrogen (secondary N) is 1. The zero-order valence-corrected chi connectivity index (χ0v) is 13.8. The van der Waals surface area contributed by atoms with E-state index in [0.29, 0.717) is 17.8 Å². The Morgan fingerprint density at radius 3 is 2.42 bits per heavy atom. The molecule has 0 bridgehead atoms. The number of nitrogens with zero attached hydrogens (tertiary/aromatic N) is 2. The third-order valence-corrected chi connectivity index (χ3v) is 3.20. The molecule has 2 rings (SSSR count). The SMILES string of the molecule is COC(=O)c1ccc(NC(=O)c2ccc(=O)n(CC(C)C)n2)cc1. The quantitative estimate of drug-likeness (QED) is 0.847. The van der Waals surface area contributed by atoms with Crippen LogP contribution in [0.4, 0.5) is 5.69 Å². The molecule has 0 aliphatic carbocycles. The van der Waals surface area contributed by atoms with Gasteiger partial charge in [0.05, 0.1) is 12.7 Å². The van der Waals surface area contributed by atoms with E-state index in [1.165, 1.54) is 23.9 Å². The number of aromatic nitrogens is 2. The number of anilines is 1. The Morgan fingerprint density at radius 1 is 1.17 bits per heavy atom. The molecule has 0 radical (unpaired) electrons. The third kappa shape index (κ3) is 4.28.